The van der Waals surface area contributed by atoms with Crippen LogP contribution in [0.4, 0.5) is 17.5 Å². The number of nitrogens with one attached hydrogen (secondary N) is 2. The standard InChI is InChI=1S/C20H27BrN6O2/c21-17-4-2-1-3-16(17)9-10-23-20-25-13-18(27(28)29)19(26-20)24-12-15-7-5-14(11-22)6-8-15/h1-4,13-15H,5-12,22H2,(H2,23,24,25,26). The Morgan fingerprint density at radius 2 is 1.90 bits per heavy atom. The van der Waals surface area contributed by atoms with Crippen LogP contribution in [0, 0.1) is 22.0 Å². The lowest BCUT2D eigenvalue weighted by Gasteiger charge is -2.27. The molecule has 8 nitrogen and oxygen atoms in total. The molecule has 0 radical (unpaired) electrons. The SMILES string of the molecule is NCC1CCC(CNc2nc(NCCc3ccccc3Br)ncc2[N+](=O)[O-])CC1. The van der Waals surface area contributed by atoms with Crippen LogP contribution >= 0.6 is 15.9 Å². The first kappa shape index (κ1) is 21.4. The van der Waals surface area contributed by atoms with Gasteiger partial charge in [-0.3, -0.25) is 10.1 Å². The second-order valence-electron chi connectivity index (χ2n) is 7.46. The zero-order chi connectivity index (χ0) is 20.6. The third kappa shape index (κ3) is 6.11. The van der Waals surface area contributed by atoms with Crippen molar-refractivity contribution in [2.45, 2.75) is 32.1 Å². The van der Waals surface area contributed by atoms with E-state index in [0.29, 0.717) is 30.9 Å². The van der Waals surface area contributed by atoms with Gasteiger partial charge in [0.2, 0.25) is 11.8 Å². The van der Waals surface area contributed by atoms with Crippen LogP contribution in [0.3, 0.4) is 0 Å². The molecule has 0 saturated heterocycles. The summed E-state index contributed by atoms with van der Waals surface area (Å²) in [5, 5.41) is 17.7. The van der Waals surface area contributed by atoms with Crippen molar-refractivity contribution in [1.82, 2.24) is 9.97 Å². The quantitative estimate of drug-likeness (QED) is 0.380. The van der Waals surface area contributed by atoms with Crippen molar-refractivity contribution in [3.05, 3.63) is 50.6 Å². The molecule has 1 aliphatic carbocycles. The second-order valence-corrected chi connectivity index (χ2v) is 8.31. The maximum absolute atomic E-state index is 11.3. The van der Waals surface area contributed by atoms with Gasteiger partial charge in [-0.1, -0.05) is 34.1 Å². The van der Waals surface area contributed by atoms with Gasteiger partial charge in [-0.2, -0.15) is 4.98 Å². The van der Waals surface area contributed by atoms with Crippen LogP contribution in [0.2, 0.25) is 0 Å². The van der Waals surface area contributed by atoms with Crippen LogP contribution in [0.1, 0.15) is 31.2 Å². The molecule has 156 valence electrons. The van der Waals surface area contributed by atoms with E-state index in [1.807, 2.05) is 18.2 Å². The Kier molecular flexibility index (Phi) is 7.76. The van der Waals surface area contributed by atoms with Crippen LogP contribution < -0.4 is 16.4 Å². The lowest BCUT2D eigenvalue weighted by molar-refractivity contribution is -0.384. The number of hydrogen-bond donors (Lipinski definition) is 3. The smallest absolute Gasteiger partial charge is 0.329 e. The van der Waals surface area contributed by atoms with Crippen LogP contribution in [0.5, 0.6) is 0 Å². The molecule has 4 N–H and O–H groups in total. The van der Waals surface area contributed by atoms with Gasteiger partial charge in [0, 0.05) is 17.6 Å². The van der Waals surface area contributed by atoms with Crippen molar-refractivity contribution in [3.63, 3.8) is 0 Å². The summed E-state index contributed by atoms with van der Waals surface area (Å²) < 4.78 is 1.05. The van der Waals surface area contributed by atoms with Crippen molar-refractivity contribution in [1.29, 1.82) is 0 Å². The molecule has 1 heterocycles. The number of hydrogen-bond acceptors (Lipinski definition) is 7. The largest absolute Gasteiger partial charge is 0.364 e. The fraction of sp³-hybridized carbons (Fsp3) is 0.500. The number of rotatable bonds is 9. The van der Waals surface area contributed by atoms with Gasteiger partial charge in [0.1, 0.15) is 6.20 Å². The minimum atomic E-state index is -0.446. The Bertz CT molecular complexity index is 826. The van der Waals surface area contributed by atoms with Gasteiger partial charge in [0.15, 0.2) is 0 Å². The Labute approximate surface area is 179 Å². The predicted octanol–water partition coefficient (Wildman–Crippen LogP) is 3.98. The third-order valence-corrected chi connectivity index (χ3v) is 6.23. The van der Waals surface area contributed by atoms with Gasteiger partial charge >= 0.3 is 5.69 Å². The summed E-state index contributed by atoms with van der Waals surface area (Å²) >= 11 is 3.54. The highest BCUT2D eigenvalue weighted by atomic mass is 79.9. The first-order chi connectivity index (χ1) is 14.1. The molecule has 1 saturated carbocycles. The van der Waals surface area contributed by atoms with E-state index in [-0.39, 0.29) is 11.5 Å². The molecule has 9 heteroatoms. The van der Waals surface area contributed by atoms with Crippen LogP contribution in [0.25, 0.3) is 0 Å². The van der Waals surface area contributed by atoms with Gasteiger partial charge in [-0.25, -0.2) is 4.98 Å². The number of halogens is 1. The van der Waals surface area contributed by atoms with Crippen molar-refractivity contribution >= 4 is 33.4 Å². The molecule has 0 aliphatic heterocycles. The molecule has 0 unspecified atom stereocenters. The minimum Gasteiger partial charge on any atom is -0.364 e. The third-order valence-electron chi connectivity index (χ3n) is 5.46. The average molecular weight is 463 g/mol. The molecule has 2 aromatic rings. The summed E-state index contributed by atoms with van der Waals surface area (Å²) in [6, 6.07) is 8.02. The summed E-state index contributed by atoms with van der Waals surface area (Å²) in [6.07, 6.45) is 6.47. The van der Waals surface area contributed by atoms with Gasteiger partial charge < -0.3 is 16.4 Å². The zero-order valence-electron chi connectivity index (χ0n) is 16.3. The monoisotopic (exact) mass is 462 g/mol. The molecule has 3 rings (SSSR count). The maximum atomic E-state index is 11.3. The molecule has 0 atom stereocenters. The summed E-state index contributed by atoms with van der Waals surface area (Å²) in [5.74, 6) is 1.76. The highest BCUT2D eigenvalue weighted by molar-refractivity contribution is 9.10. The van der Waals surface area contributed by atoms with Crippen LogP contribution in [-0.2, 0) is 6.42 Å². The van der Waals surface area contributed by atoms with E-state index < -0.39 is 4.92 Å². The number of nitro groups is 1. The van der Waals surface area contributed by atoms with E-state index in [1.54, 1.807) is 0 Å². The first-order valence-electron chi connectivity index (χ1n) is 9.99. The Morgan fingerprint density at radius 1 is 1.17 bits per heavy atom. The molecule has 0 amide bonds. The van der Waals surface area contributed by atoms with Crippen molar-refractivity contribution < 1.29 is 4.92 Å². The fourth-order valence-corrected chi connectivity index (χ4v) is 4.13. The van der Waals surface area contributed by atoms with E-state index in [4.69, 9.17) is 5.73 Å². The predicted molar refractivity (Wildman–Crippen MR) is 118 cm³/mol. The van der Waals surface area contributed by atoms with Gasteiger partial charge in [-0.05, 0) is 62.1 Å². The van der Waals surface area contributed by atoms with E-state index in [9.17, 15) is 10.1 Å². The van der Waals surface area contributed by atoms with E-state index in [0.717, 1.165) is 43.1 Å². The maximum Gasteiger partial charge on any atom is 0.329 e. The molecular weight excluding hydrogens is 436 g/mol. The van der Waals surface area contributed by atoms with Gasteiger partial charge in [0.25, 0.3) is 0 Å². The zero-order valence-corrected chi connectivity index (χ0v) is 17.9. The van der Waals surface area contributed by atoms with Crippen molar-refractivity contribution in [2.24, 2.45) is 17.6 Å². The summed E-state index contributed by atoms with van der Waals surface area (Å²) in [7, 11) is 0. The highest BCUT2D eigenvalue weighted by Gasteiger charge is 2.22. The lowest BCUT2D eigenvalue weighted by atomic mass is 9.82. The van der Waals surface area contributed by atoms with Gasteiger partial charge in [-0.15, -0.1) is 0 Å². The summed E-state index contributed by atoms with van der Waals surface area (Å²) in [4.78, 5) is 19.4. The van der Waals surface area contributed by atoms with Crippen molar-refractivity contribution in [3.8, 4) is 0 Å². The molecule has 1 fully saturated rings. The Balaban J connectivity index is 1.58. The molecule has 1 aromatic carbocycles. The number of benzene rings is 1. The van der Waals surface area contributed by atoms with Gasteiger partial charge in [0.05, 0.1) is 4.92 Å². The number of anilines is 2. The molecule has 0 spiro atoms. The number of nitrogens with two attached hydrogens (primary N) is 1. The van der Waals surface area contributed by atoms with E-state index >= 15 is 0 Å². The van der Waals surface area contributed by atoms with Crippen LogP contribution in [-0.4, -0.2) is 34.5 Å². The molecule has 29 heavy (non-hydrogen) atoms. The van der Waals surface area contributed by atoms with Crippen LogP contribution in [0.15, 0.2) is 34.9 Å². The first-order valence-corrected chi connectivity index (χ1v) is 10.8. The summed E-state index contributed by atoms with van der Waals surface area (Å²) in [6.45, 7) is 2.04. The topological polar surface area (TPSA) is 119 Å². The second kappa shape index (κ2) is 10.5. The fourth-order valence-electron chi connectivity index (χ4n) is 3.65. The summed E-state index contributed by atoms with van der Waals surface area (Å²) in [5.41, 5.74) is 6.83. The lowest BCUT2D eigenvalue weighted by Crippen LogP contribution is -2.25. The molecule has 0 bridgehead atoms. The molecule has 1 aliphatic rings. The molecule has 1 aromatic heterocycles. The number of nitrogens with zero attached hydrogens (tertiary/aromatic N) is 3. The van der Waals surface area contributed by atoms with Crippen molar-refractivity contribution in [2.75, 3.05) is 30.3 Å². The Morgan fingerprint density at radius 3 is 2.59 bits per heavy atom. The number of aromatic nitrogens is 2. The Hall–Kier alpha value is -2.26. The van der Waals surface area contributed by atoms with E-state index in [1.165, 1.54) is 11.8 Å². The van der Waals surface area contributed by atoms with E-state index in [2.05, 4.69) is 42.6 Å². The highest BCUT2D eigenvalue weighted by Crippen LogP contribution is 2.29. The normalized spacial score (nSPS) is 19.0. The molecular formula is C20H27BrN6O2. The minimum absolute atomic E-state index is 0.100. The average Bonchev–Trinajstić information content (AvgIpc) is 2.74.